The number of nitrogens with one attached hydrogen (secondary N) is 1. The van der Waals surface area contributed by atoms with Crippen molar-refractivity contribution in [2.75, 3.05) is 5.32 Å². The van der Waals surface area contributed by atoms with Gasteiger partial charge in [0, 0.05) is 0 Å². The van der Waals surface area contributed by atoms with Crippen LogP contribution in [0, 0.1) is 17.6 Å². The number of hydrogen-bond donors (Lipinski definition) is 3. The first-order valence-electron chi connectivity index (χ1n) is 8.04. The summed E-state index contributed by atoms with van der Waals surface area (Å²) in [6.45, 7) is 3.89. The number of carbonyl (C=O) groups excluding carboxylic acids is 1. The summed E-state index contributed by atoms with van der Waals surface area (Å²) in [5.74, 6) is -2.40. The number of benzene rings is 2. The molecule has 0 unspecified atom stereocenters. The average Bonchev–Trinajstić information content (AvgIpc) is 2.84. The second kappa shape index (κ2) is 6.24. The predicted octanol–water partition coefficient (Wildman–Crippen LogP) is 1.93. The number of rotatable bonds is 4. The van der Waals surface area contributed by atoms with Crippen LogP contribution in [0.3, 0.4) is 0 Å². The van der Waals surface area contributed by atoms with Crippen molar-refractivity contribution >= 4 is 24.2 Å². The number of amides is 1. The van der Waals surface area contributed by atoms with Crippen LogP contribution in [-0.2, 0) is 10.2 Å². The molecular formula is C18H18BF2NO3. The first kappa shape index (κ1) is 17.6. The van der Waals surface area contributed by atoms with Crippen LogP contribution in [0.5, 0.6) is 0 Å². The van der Waals surface area contributed by atoms with E-state index in [0.717, 1.165) is 6.07 Å². The summed E-state index contributed by atoms with van der Waals surface area (Å²) >= 11 is 0. The Morgan fingerprint density at radius 1 is 1.12 bits per heavy atom. The molecule has 0 spiro atoms. The minimum atomic E-state index is -1.62. The Bertz CT molecular complexity index is 824. The molecule has 3 N–H and O–H groups in total. The van der Waals surface area contributed by atoms with E-state index in [4.69, 9.17) is 0 Å². The first-order chi connectivity index (χ1) is 11.8. The zero-order chi connectivity index (χ0) is 18.4. The van der Waals surface area contributed by atoms with Crippen LogP contribution in [0.2, 0.25) is 0 Å². The lowest BCUT2D eigenvalue weighted by molar-refractivity contribution is -0.120. The number of fused-ring (bicyclic) bond motifs is 1. The zero-order valence-electron chi connectivity index (χ0n) is 13.9. The fraction of sp³-hybridized carbons (Fsp3) is 0.278. The van der Waals surface area contributed by atoms with Gasteiger partial charge in [0.1, 0.15) is 5.41 Å². The van der Waals surface area contributed by atoms with Crippen LogP contribution < -0.4 is 10.8 Å². The second-order valence-electron chi connectivity index (χ2n) is 6.74. The van der Waals surface area contributed by atoms with Gasteiger partial charge in [0.05, 0.1) is 5.69 Å². The molecule has 0 saturated carbocycles. The topological polar surface area (TPSA) is 69.6 Å². The summed E-state index contributed by atoms with van der Waals surface area (Å²) < 4.78 is 27.8. The Morgan fingerprint density at radius 3 is 2.32 bits per heavy atom. The molecule has 1 amide bonds. The molecule has 1 heterocycles. The molecular weight excluding hydrogens is 327 g/mol. The maximum absolute atomic E-state index is 14.2. The maximum Gasteiger partial charge on any atom is 0.488 e. The molecule has 0 radical (unpaired) electrons. The summed E-state index contributed by atoms with van der Waals surface area (Å²) in [4.78, 5) is 12.9. The van der Waals surface area contributed by atoms with Crippen LogP contribution in [0.25, 0.3) is 0 Å². The van der Waals surface area contributed by atoms with Crippen molar-refractivity contribution in [3.63, 3.8) is 0 Å². The highest BCUT2D eigenvalue weighted by Gasteiger charge is 2.49. The summed E-state index contributed by atoms with van der Waals surface area (Å²) in [5.41, 5.74) is -0.0173. The second-order valence-corrected chi connectivity index (χ2v) is 6.74. The Hall–Kier alpha value is -2.25. The van der Waals surface area contributed by atoms with E-state index in [1.165, 1.54) is 18.2 Å². The van der Waals surface area contributed by atoms with Crippen molar-refractivity contribution in [3.8, 4) is 0 Å². The van der Waals surface area contributed by atoms with Crippen molar-refractivity contribution in [2.24, 2.45) is 5.92 Å². The van der Waals surface area contributed by atoms with Crippen molar-refractivity contribution < 1.29 is 23.6 Å². The molecule has 4 nitrogen and oxygen atoms in total. The van der Waals surface area contributed by atoms with Crippen molar-refractivity contribution in [1.82, 2.24) is 0 Å². The molecule has 1 aliphatic rings. The number of halogens is 2. The van der Waals surface area contributed by atoms with Gasteiger partial charge in [0.2, 0.25) is 5.91 Å². The van der Waals surface area contributed by atoms with Crippen molar-refractivity contribution in [3.05, 3.63) is 59.2 Å². The molecule has 25 heavy (non-hydrogen) atoms. The van der Waals surface area contributed by atoms with Gasteiger partial charge in [-0.05, 0) is 35.0 Å². The van der Waals surface area contributed by atoms with E-state index in [2.05, 4.69) is 5.32 Å². The molecule has 0 fully saturated rings. The van der Waals surface area contributed by atoms with Gasteiger partial charge in [-0.15, -0.1) is 0 Å². The number of anilines is 1. The lowest BCUT2D eigenvalue weighted by atomic mass is 9.69. The highest BCUT2D eigenvalue weighted by atomic mass is 19.2. The summed E-state index contributed by atoms with van der Waals surface area (Å²) in [6, 6.07) is 8.71. The van der Waals surface area contributed by atoms with E-state index < -0.39 is 30.1 Å². The van der Waals surface area contributed by atoms with Gasteiger partial charge in [-0.3, -0.25) is 4.79 Å². The minimum Gasteiger partial charge on any atom is -0.423 e. The Labute approximate surface area is 144 Å². The lowest BCUT2D eigenvalue weighted by Gasteiger charge is -2.30. The van der Waals surface area contributed by atoms with E-state index in [1.807, 2.05) is 13.8 Å². The summed E-state index contributed by atoms with van der Waals surface area (Å²) in [5, 5.41) is 21.0. The standard InChI is InChI=1S/C18H18BF2NO3/c1-10(2)9-18(11-3-5-12(6-4-11)19(24)25)13-7-8-14(20)15(21)16(13)22-17(18)23/h3-8,10,24-25H,9H2,1-2H3,(H,22,23)/t18-/m0/s1. The quantitative estimate of drug-likeness (QED) is 0.742. The van der Waals surface area contributed by atoms with Gasteiger partial charge in [-0.2, -0.15) is 0 Å². The normalized spacial score (nSPS) is 19.1. The zero-order valence-corrected chi connectivity index (χ0v) is 13.9. The number of carbonyl (C=O) groups is 1. The molecule has 2 aromatic rings. The highest BCUT2D eigenvalue weighted by Crippen LogP contribution is 2.47. The smallest absolute Gasteiger partial charge is 0.423 e. The monoisotopic (exact) mass is 345 g/mol. The minimum absolute atomic E-state index is 0.105. The van der Waals surface area contributed by atoms with E-state index in [-0.39, 0.29) is 17.1 Å². The third kappa shape index (κ3) is 2.73. The molecule has 2 aromatic carbocycles. The van der Waals surface area contributed by atoms with E-state index in [1.54, 1.807) is 12.1 Å². The third-order valence-corrected chi connectivity index (χ3v) is 4.60. The van der Waals surface area contributed by atoms with Crippen molar-refractivity contribution in [1.29, 1.82) is 0 Å². The molecule has 0 aliphatic carbocycles. The van der Waals surface area contributed by atoms with Crippen LogP contribution in [0.1, 0.15) is 31.4 Å². The van der Waals surface area contributed by atoms with Crippen LogP contribution in [0.4, 0.5) is 14.5 Å². The van der Waals surface area contributed by atoms with Crippen molar-refractivity contribution in [2.45, 2.75) is 25.7 Å². The molecule has 0 bridgehead atoms. The fourth-order valence-electron chi connectivity index (χ4n) is 3.53. The maximum atomic E-state index is 14.2. The van der Waals surface area contributed by atoms with Gasteiger partial charge in [0.25, 0.3) is 0 Å². The Morgan fingerprint density at radius 2 is 1.76 bits per heavy atom. The average molecular weight is 345 g/mol. The number of hydrogen-bond acceptors (Lipinski definition) is 3. The molecule has 0 aromatic heterocycles. The summed E-state index contributed by atoms with van der Waals surface area (Å²) in [7, 11) is -1.62. The predicted molar refractivity (Wildman–Crippen MR) is 91.5 cm³/mol. The lowest BCUT2D eigenvalue weighted by Crippen LogP contribution is -2.38. The van der Waals surface area contributed by atoms with Gasteiger partial charge in [0.15, 0.2) is 11.6 Å². The Kier molecular flexibility index (Phi) is 4.39. The third-order valence-electron chi connectivity index (χ3n) is 4.60. The molecule has 1 aliphatic heterocycles. The fourth-order valence-corrected chi connectivity index (χ4v) is 3.53. The highest BCUT2D eigenvalue weighted by molar-refractivity contribution is 6.58. The molecule has 0 saturated heterocycles. The van der Waals surface area contributed by atoms with Gasteiger partial charge < -0.3 is 15.4 Å². The summed E-state index contributed by atoms with van der Waals surface area (Å²) in [6.07, 6.45) is 0.401. The van der Waals surface area contributed by atoms with Crippen LogP contribution in [-0.4, -0.2) is 23.1 Å². The van der Waals surface area contributed by atoms with E-state index >= 15 is 0 Å². The largest absolute Gasteiger partial charge is 0.488 e. The molecule has 130 valence electrons. The van der Waals surface area contributed by atoms with Gasteiger partial charge in [-0.25, -0.2) is 8.78 Å². The van der Waals surface area contributed by atoms with E-state index in [9.17, 15) is 23.6 Å². The molecule has 3 rings (SSSR count). The van der Waals surface area contributed by atoms with Crippen LogP contribution >= 0.6 is 0 Å². The van der Waals surface area contributed by atoms with Gasteiger partial charge in [-0.1, -0.05) is 44.2 Å². The molecule has 1 atom stereocenters. The Balaban J connectivity index is 2.22. The van der Waals surface area contributed by atoms with Gasteiger partial charge >= 0.3 is 7.12 Å². The van der Waals surface area contributed by atoms with E-state index in [0.29, 0.717) is 17.5 Å². The van der Waals surface area contributed by atoms with Crippen LogP contribution in [0.15, 0.2) is 36.4 Å². The SMILES string of the molecule is CC(C)C[C@@]1(c2ccc(B(O)O)cc2)C(=O)Nc2c1ccc(F)c2F. The molecule has 7 heteroatoms. The first-order valence-corrected chi connectivity index (χ1v) is 8.04.